The van der Waals surface area contributed by atoms with Gasteiger partial charge in [0.25, 0.3) is 0 Å². The van der Waals surface area contributed by atoms with Gasteiger partial charge in [-0.15, -0.1) is 0 Å². The number of para-hydroxylation sites is 2. The maximum atomic E-state index is 11.8. The number of carbonyl (C=O) groups is 1. The second kappa shape index (κ2) is 7.05. The number of hydrogen-bond acceptors (Lipinski definition) is 3. The topological polar surface area (TPSA) is 67.0 Å². The largest absolute Gasteiger partial charge is 0.381 e. The van der Waals surface area contributed by atoms with E-state index in [2.05, 4.69) is 15.3 Å². The van der Waals surface area contributed by atoms with Gasteiger partial charge >= 0.3 is 0 Å². The van der Waals surface area contributed by atoms with Crippen LogP contribution in [-0.4, -0.2) is 29.1 Å². The van der Waals surface area contributed by atoms with Crippen molar-refractivity contribution in [3.8, 4) is 0 Å². The Morgan fingerprint density at radius 2 is 2.20 bits per heavy atom. The summed E-state index contributed by atoms with van der Waals surface area (Å²) in [6.07, 6.45) is 1.35. The molecule has 2 rings (SSSR count). The molecule has 1 amide bonds. The van der Waals surface area contributed by atoms with E-state index in [0.29, 0.717) is 19.6 Å². The highest BCUT2D eigenvalue weighted by Gasteiger charge is 2.13. The lowest BCUT2D eigenvalue weighted by Gasteiger charge is -2.11. The molecule has 0 fully saturated rings. The van der Waals surface area contributed by atoms with Crippen LogP contribution in [-0.2, 0) is 9.53 Å². The van der Waals surface area contributed by atoms with Gasteiger partial charge in [-0.3, -0.25) is 4.79 Å². The fourth-order valence-electron chi connectivity index (χ4n) is 1.97. The Labute approximate surface area is 118 Å². The smallest absolute Gasteiger partial charge is 0.222 e. The van der Waals surface area contributed by atoms with E-state index in [1.165, 1.54) is 0 Å². The summed E-state index contributed by atoms with van der Waals surface area (Å²) in [5.41, 5.74) is 1.89. The summed E-state index contributed by atoms with van der Waals surface area (Å²) in [6, 6.07) is 7.68. The van der Waals surface area contributed by atoms with Gasteiger partial charge in [-0.05, 0) is 25.5 Å². The molecule has 0 aliphatic heterocycles. The minimum atomic E-state index is -0.138. The van der Waals surface area contributed by atoms with Crippen molar-refractivity contribution in [3.05, 3.63) is 30.1 Å². The monoisotopic (exact) mass is 275 g/mol. The zero-order valence-corrected chi connectivity index (χ0v) is 12.0. The summed E-state index contributed by atoms with van der Waals surface area (Å²) < 4.78 is 5.30. The quantitative estimate of drug-likeness (QED) is 0.763. The van der Waals surface area contributed by atoms with Crippen molar-refractivity contribution in [2.24, 2.45) is 0 Å². The third kappa shape index (κ3) is 3.81. The van der Waals surface area contributed by atoms with E-state index in [1.54, 1.807) is 0 Å². The van der Waals surface area contributed by atoms with Gasteiger partial charge in [-0.25, -0.2) is 4.98 Å². The molecule has 1 aromatic heterocycles. The van der Waals surface area contributed by atoms with E-state index >= 15 is 0 Å². The molecular formula is C15H21N3O2. The highest BCUT2D eigenvalue weighted by atomic mass is 16.5. The third-order valence-electron chi connectivity index (χ3n) is 3.02. The van der Waals surface area contributed by atoms with Crippen molar-refractivity contribution in [1.82, 2.24) is 15.3 Å². The van der Waals surface area contributed by atoms with Crippen molar-refractivity contribution in [2.45, 2.75) is 32.7 Å². The summed E-state index contributed by atoms with van der Waals surface area (Å²) in [7, 11) is 0. The number of nitrogens with zero attached hydrogens (tertiary/aromatic N) is 1. The second-order valence-corrected chi connectivity index (χ2v) is 4.79. The van der Waals surface area contributed by atoms with Crippen molar-refractivity contribution >= 4 is 16.9 Å². The van der Waals surface area contributed by atoms with Crippen molar-refractivity contribution in [3.63, 3.8) is 0 Å². The molecule has 0 saturated carbocycles. The summed E-state index contributed by atoms with van der Waals surface area (Å²) in [5, 5.41) is 2.92. The average Bonchev–Trinajstić information content (AvgIpc) is 2.87. The number of fused-ring (bicyclic) bond motifs is 1. The van der Waals surface area contributed by atoms with Crippen LogP contribution in [0.1, 0.15) is 38.6 Å². The van der Waals surface area contributed by atoms with Crippen molar-refractivity contribution < 1.29 is 9.53 Å². The molecule has 108 valence electrons. The average molecular weight is 275 g/mol. The number of aromatic amines is 1. The molecule has 0 aliphatic rings. The van der Waals surface area contributed by atoms with Gasteiger partial charge in [0.1, 0.15) is 5.82 Å². The van der Waals surface area contributed by atoms with Crippen LogP contribution >= 0.6 is 0 Å². The maximum Gasteiger partial charge on any atom is 0.222 e. The lowest BCUT2D eigenvalue weighted by molar-refractivity contribution is -0.122. The molecule has 5 nitrogen and oxygen atoms in total. The predicted molar refractivity (Wildman–Crippen MR) is 78.4 cm³/mol. The first-order chi connectivity index (χ1) is 9.70. The van der Waals surface area contributed by atoms with E-state index in [-0.39, 0.29) is 11.9 Å². The molecule has 0 spiro atoms. The fourth-order valence-corrected chi connectivity index (χ4v) is 1.97. The van der Waals surface area contributed by atoms with Gasteiger partial charge in [0.2, 0.25) is 5.91 Å². The van der Waals surface area contributed by atoms with Crippen LogP contribution in [0.3, 0.4) is 0 Å². The number of ether oxygens (including phenoxy) is 1. The normalized spacial score (nSPS) is 12.5. The number of H-pyrrole nitrogens is 1. The summed E-state index contributed by atoms with van der Waals surface area (Å²) in [5.74, 6) is 0.753. The number of amides is 1. The zero-order valence-electron chi connectivity index (χ0n) is 12.0. The van der Waals surface area contributed by atoms with Gasteiger partial charge in [0, 0.05) is 13.0 Å². The van der Waals surface area contributed by atoms with E-state index in [0.717, 1.165) is 23.3 Å². The highest BCUT2D eigenvalue weighted by Crippen LogP contribution is 2.15. The van der Waals surface area contributed by atoms with Crippen LogP contribution in [0, 0.1) is 0 Å². The number of aromatic nitrogens is 2. The van der Waals surface area contributed by atoms with E-state index in [9.17, 15) is 4.79 Å². The molecule has 1 unspecified atom stereocenters. The van der Waals surface area contributed by atoms with Gasteiger partial charge in [0.15, 0.2) is 0 Å². The highest BCUT2D eigenvalue weighted by molar-refractivity contribution is 5.77. The lowest BCUT2D eigenvalue weighted by Crippen LogP contribution is -2.28. The number of rotatable bonds is 7. The Morgan fingerprint density at radius 3 is 2.95 bits per heavy atom. The molecule has 20 heavy (non-hydrogen) atoms. The first-order valence-corrected chi connectivity index (χ1v) is 7.02. The van der Waals surface area contributed by atoms with Crippen molar-refractivity contribution in [1.29, 1.82) is 0 Å². The predicted octanol–water partition coefficient (Wildman–Crippen LogP) is 2.56. The van der Waals surface area contributed by atoms with E-state index < -0.39 is 0 Å². The Hall–Kier alpha value is -1.88. The maximum absolute atomic E-state index is 11.8. The van der Waals surface area contributed by atoms with Crippen LogP contribution in [0.4, 0.5) is 0 Å². The van der Waals surface area contributed by atoms with Crippen LogP contribution in [0.5, 0.6) is 0 Å². The minimum absolute atomic E-state index is 0.0194. The van der Waals surface area contributed by atoms with E-state index in [4.69, 9.17) is 4.74 Å². The van der Waals surface area contributed by atoms with Crippen LogP contribution < -0.4 is 5.32 Å². The lowest BCUT2D eigenvalue weighted by atomic mass is 10.3. The van der Waals surface area contributed by atoms with Gasteiger partial charge in [-0.2, -0.15) is 0 Å². The molecule has 2 aromatic rings. The Morgan fingerprint density at radius 1 is 1.40 bits per heavy atom. The number of nitrogens with one attached hydrogen (secondary N) is 2. The van der Waals surface area contributed by atoms with Crippen LogP contribution in [0.25, 0.3) is 11.0 Å². The SMILES string of the molecule is CCCOCCC(=O)NC(C)c1nc2ccccc2[nH]1. The molecule has 2 N–H and O–H groups in total. The molecule has 0 aliphatic carbocycles. The van der Waals surface area contributed by atoms with Crippen molar-refractivity contribution in [2.75, 3.05) is 13.2 Å². The molecule has 0 bridgehead atoms. The Kier molecular flexibility index (Phi) is 5.12. The standard InChI is InChI=1S/C15H21N3O2/c1-3-9-20-10-8-14(19)16-11(2)15-17-12-6-4-5-7-13(12)18-15/h4-7,11H,3,8-10H2,1-2H3,(H,16,19)(H,17,18). The molecule has 1 heterocycles. The van der Waals surface area contributed by atoms with Crippen LogP contribution in [0.15, 0.2) is 24.3 Å². The zero-order chi connectivity index (χ0) is 14.4. The fraction of sp³-hybridized carbons (Fsp3) is 0.467. The second-order valence-electron chi connectivity index (χ2n) is 4.79. The van der Waals surface area contributed by atoms with Gasteiger partial charge in [0.05, 0.1) is 23.7 Å². The van der Waals surface area contributed by atoms with Crippen LogP contribution in [0.2, 0.25) is 0 Å². The molecule has 1 aromatic carbocycles. The number of hydrogen-bond donors (Lipinski definition) is 2. The molecule has 5 heteroatoms. The summed E-state index contributed by atoms with van der Waals surface area (Å²) in [6.45, 7) is 5.13. The van der Waals surface area contributed by atoms with Gasteiger partial charge < -0.3 is 15.0 Å². The number of benzene rings is 1. The Bertz CT molecular complexity index is 532. The molecule has 0 saturated heterocycles. The molecule has 1 atom stereocenters. The third-order valence-corrected chi connectivity index (χ3v) is 3.02. The number of carbonyl (C=O) groups excluding carboxylic acids is 1. The molecule has 0 radical (unpaired) electrons. The number of imidazole rings is 1. The summed E-state index contributed by atoms with van der Waals surface area (Å²) >= 11 is 0. The van der Waals surface area contributed by atoms with Gasteiger partial charge in [-0.1, -0.05) is 19.1 Å². The van der Waals surface area contributed by atoms with E-state index in [1.807, 2.05) is 38.1 Å². The summed E-state index contributed by atoms with van der Waals surface area (Å²) in [4.78, 5) is 19.5. The Balaban J connectivity index is 1.87. The minimum Gasteiger partial charge on any atom is -0.381 e. The first kappa shape index (κ1) is 14.5. The molecular weight excluding hydrogens is 254 g/mol. The first-order valence-electron chi connectivity index (χ1n) is 7.02.